The van der Waals surface area contributed by atoms with Crippen molar-refractivity contribution in [1.29, 1.82) is 5.26 Å². The fourth-order valence-electron chi connectivity index (χ4n) is 1.33. The van der Waals surface area contributed by atoms with E-state index in [4.69, 9.17) is 5.26 Å². The molecule has 2 rings (SSSR count). The monoisotopic (exact) mass is 267 g/mol. The van der Waals surface area contributed by atoms with E-state index in [1.54, 1.807) is 12.1 Å². The Kier molecular flexibility index (Phi) is 2.44. The molecule has 0 bridgehead atoms. The summed E-state index contributed by atoms with van der Waals surface area (Å²) in [5.41, 5.74) is 0.620. The molecule has 0 fully saturated rings. The fraction of sp³-hybridized carbons (Fsp3) is 0.100. The van der Waals surface area contributed by atoms with Gasteiger partial charge in [-0.25, -0.2) is 0 Å². The molecule has 0 aliphatic carbocycles. The van der Waals surface area contributed by atoms with Crippen molar-refractivity contribution in [3.8, 4) is 11.8 Å². The maximum atomic E-state index is 9.78. The van der Waals surface area contributed by atoms with Gasteiger partial charge in [-0.2, -0.15) is 5.26 Å². The average molecular weight is 268 g/mol. The molecule has 1 aromatic heterocycles. The van der Waals surface area contributed by atoms with E-state index in [0.717, 1.165) is 15.0 Å². The summed E-state index contributed by atoms with van der Waals surface area (Å²) in [6.07, 6.45) is 0. The number of fused-ring (bicyclic) bond motifs is 1. The number of hydrogen-bond acceptors (Lipinski definition) is 3. The van der Waals surface area contributed by atoms with Crippen LogP contribution in [0.15, 0.2) is 18.2 Å². The summed E-state index contributed by atoms with van der Waals surface area (Å²) in [6, 6.07) is 7.49. The van der Waals surface area contributed by atoms with Crippen molar-refractivity contribution in [2.75, 3.05) is 0 Å². The fourth-order valence-corrected chi connectivity index (χ4v) is 2.95. The third-order valence-electron chi connectivity index (χ3n) is 2.00. The lowest BCUT2D eigenvalue weighted by atomic mass is 10.1. The lowest BCUT2D eigenvalue weighted by molar-refractivity contribution is 0.480. The number of benzene rings is 1. The zero-order valence-electron chi connectivity index (χ0n) is 7.12. The highest BCUT2D eigenvalue weighted by molar-refractivity contribution is 9.08. The second-order valence-corrected chi connectivity index (χ2v) is 4.47. The number of nitriles is 1. The highest BCUT2D eigenvalue weighted by Crippen LogP contribution is 2.39. The number of nitrogens with zero attached hydrogens (tertiary/aromatic N) is 1. The van der Waals surface area contributed by atoms with Crippen LogP contribution in [-0.4, -0.2) is 5.11 Å². The Morgan fingerprint density at radius 1 is 1.50 bits per heavy atom. The van der Waals surface area contributed by atoms with Crippen LogP contribution in [0.2, 0.25) is 0 Å². The number of hydrogen-bond donors (Lipinski definition) is 1. The molecule has 0 unspecified atom stereocenters. The molecule has 2 aromatic rings. The van der Waals surface area contributed by atoms with E-state index in [-0.39, 0.29) is 0 Å². The maximum Gasteiger partial charge on any atom is 0.138 e. The van der Waals surface area contributed by atoms with E-state index in [1.807, 2.05) is 6.07 Å². The molecular weight excluding hydrogens is 262 g/mol. The molecule has 0 amide bonds. The number of halogens is 1. The number of rotatable bonds is 1. The lowest BCUT2D eigenvalue weighted by Crippen LogP contribution is -1.72. The maximum absolute atomic E-state index is 9.78. The normalized spacial score (nSPS) is 10.3. The van der Waals surface area contributed by atoms with E-state index < -0.39 is 0 Å². The van der Waals surface area contributed by atoms with Gasteiger partial charge in [-0.3, -0.25) is 0 Å². The molecule has 70 valence electrons. The molecule has 0 spiro atoms. The Balaban J connectivity index is 2.85. The number of alkyl halides is 1. The van der Waals surface area contributed by atoms with Crippen LogP contribution in [0, 0.1) is 11.3 Å². The molecule has 1 aromatic carbocycles. The van der Waals surface area contributed by atoms with Crippen LogP contribution in [0.4, 0.5) is 0 Å². The second kappa shape index (κ2) is 3.60. The Morgan fingerprint density at radius 3 is 2.93 bits per heavy atom. The van der Waals surface area contributed by atoms with Crippen LogP contribution in [0.25, 0.3) is 10.1 Å². The third kappa shape index (κ3) is 1.29. The lowest BCUT2D eigenvalue weighted by Gasteiger charge is -1.91. The van der Waals surface area contributed by atoms with Crippen molar-refractivity contribution in [3.63, 3.8) is 0 Å². The van der Waals surface area contributed by atoms with Gasteiger partial charge in [0.05, 0.1) is 15.1 Å². The van der Waals surface area contributed by atoms with E-state index in [9.17, 15) is 5.11 Å². The first kappa shape index (κ1) is 9.50. The predicted molar refractivity (Wildman–Crippen MR) is 60.8 cm³/mol. The van der Waals surface area contributed by atoms with Crippen molar-refractivity contribution < 1.29 is 5.11 Å². The molecule has 0 saturated heterocycles. The van der Waals surface area contributed by atoms with Gasteiger partial charge in [0, 0.05) is 10.7 Å². The van der Waals surface area contributed by atoms with Crippen molar-refractivity contribution in [3.05, 3.63) is 28.6 Å². The standard InChI is InChI=1S/C10H6BrNOS/c11-4-8-9(13)7-3-1-2-6(5-12)10(7)14-8/h1-3,13H,4H2. The highest BCUT2D eigenvalue weighted by Gasteiger charge is 2.12. The van der Waals surface area contributed by atoms with Gasteiger partial charge in [0.1, 0.15) is 11.8 Å². The van der Waals surface area contributed by atoms with E-state index in [0.29, 0.717) is 16.6 Å². The largest absolute Gasteiger partial charge is 0.506 e. The molecule has 14 heavy (non-hydrogen) atoms. The van der Waals surface area contributed by atoms with Crippen molar-refractivity contribution >= 4 is 37.4 Å². The predicted octanol–water partition coefficient (Wildman–Crippen LogP) is 3.37. The van der Waals surface area contributed by atoms with Gasteiger partial charge in [0.15, 0.2) is 0 Å². The average Bonchev–Trinajstić information content (AvgIpc) is 2.55. The minimum atomic E-state index is 0.291. The molecule has 2 nitrogen and oxygen atoms in total. The second-order valence-electron chi connectivity index (χ2n) is 2.80. The van der Waals surface area contributed by atoms with Crippen LogP contribution in [0.5, 0.6) is 5.75 Å². The van der Waals surface area contributed by atoms with Gasteiger partial charge in [-0.1, -0.05) is 22.0 Å². The van der Waals surface area contributed by atoms with Crippen LogP contribution in [0.3, 0.4) is 0 Å². The molecular formula is C10H6BrNOS. The van der Waals surface area contributed by atoms with Gasteiger partial charge >= 0.3 is 0 Å². The number of aromatic hydroxyl groups is 1. The summed E-state index contributed by atoms with van der Waals surface area (Å²) in [5, 5.41) is 20.0. The van der Waals surface area contributed by atoms with Crippen LogP contribution in [0.1, 0.15) is 10.4 Å². The first-order valence-electron chi connectivity index (χ1n) is 3.97. The molecule has 0 radical (unpaired) electrons. The Labute approximate surface area is 93.5 Å². The van der Waals surface area contributed by atoms with Crippen molar-refractivity contribution in [2.45, 2.75) is 5.33 Å². The zero-order chi connectivity index (χ0) is 10.1. The SMILES string of the molecule is N#Cc1cccc2c(O)c(CBr)sc12. The summed E-state index contributed by atoms with van der Waals surface area (Å²) in [6.45, 7) is 0. The van der Waals surface area contributed by atoms with E-state index in [2.05, 4.69) is 22.0 Å². The third-order valence-corrected chi connectivity index (χ3v) is 4.16. The summed E-state index contributed by atoms with van der Waals surface area (Å²) in [5.74, 6) is 0.291. The zero-order valence-corrected chi connectivity index (χ0v) is 9.52. The van der Waals surface area contributed by atoms with Crippen LogP contribution in [-0.2, 0) is 5.33 Å². The highest BCUT2D eigenvalue weighted by atomic mass is 79.9. The van der Waals surface area contributed by atoms with Gasteiger partial charge in [-0.05, 0) is 12.1 Å². The minimum absolute atomic E-state index is 0.291. The van der Waals surface area contributed by atoms with Gasteiger partial charge in [0.25, 0.3) is 0 Å². The molecule has 0 aliphatic heterocycles. The topological polar surface area (TPSA) is 44.0 Å². The van der Waals surface area contributed by atoms with E-state index in [1.165, 1.54) is 11.3 Å². The molecule has 4 heteroatoms. The quantitative estimate of drug-likeness (QED) is 0.806. The van der Waals surface area contributed by atoms with E-state index >= 15 is 0 Å². The van der Waals surface area contributed by atoms with Gasteiger partial charge in [-0.15, -0.1) is 11.3 Å². The first-order valence-corrected chi connectivity index (χ1v) is 5.91. The molecule has 0 atom stereocenters. The van der Waals surface area contributed by atoms with Crippen molar-refractivity contribution in [2.24, 2.45) is 0 Å². The van der Waals surface area contributed by atoms with Gasteiger partial charge in [0.2, 0.25) is 0 Å². The van der Waals surface area contributed by atoms with Crippen LogP contribution < -0.4 is 0 Å². The summed E-state index contributed by atoms with van der Waals surface area (Å²) < 4.78 is 0.863. The molecule has 1 N–H and O–H groups in total. The van der Waals surface area contributed by atoms with Gasteiger partial charge < -0.3 is 5.11 Å². The minimum Gasteiger partial charge on any atom is -0.506 e. The Bertz CT molecular complexity index is 527. The molecule has 0 saturated carbocycles. The smallest absolute Gasteiger partial charge is 0.138 e. The van der Waals surface area contributed by atoms with Crippen LogP contribution >= 0.6 is 27.3 Å². The Morgan fingerprint density at radius 2 is 2.29 bits per heavy atom. The molecule has 0 aliphatic rings. The van der Waals surface area contributed by atoms with Crippen molar-refractivity contribution in [1.82, 2.24) is 0 Å². The molecule has 1 heterocycles. The summed E-state index contributed by atoms with van der Waals surface area (Å²) in [7, 11) is 0. The Hall–Kier alpha value is -1.05. The summed E-state index contributed by atoms with van der Waals surface area (Å²) >= 11 is 4.76. The summed E-state index contributed by atoms with van der Waals surface area (Å²) in [4.78, 5) is 0.864. The number of thiophene rings is 1. The first-order chi connectivity index (χ1) is 6.77.